The number of hydrogen-bond acceptors (Lipinski definition) is 2. The molecule has 0 spiro atoms. The maximum absolute atomic E-state index is 6.62. The van der Waals surface area contributed by atoms with Gasteiger partial charge in [0.2, 0.25) is 0 Å². The third-order valence-electron chi connectivity index (χ3n) is 4.95. The fraction of sp³-hybridized carbons (Fsp3) is 0.368. The number of para-hydroxylation sites is 1. The summed E-state index contributed by atoms with van der Waals surface area (Å²) in [5, 5.41) is 0. The highest BCUT2D eigenvalue weighted by atomic mass is 16.5. The molecule has 1 aliphatic carbocycles. The van der Waals surface area contributed by atoms with E-state index in [9.17, 15) is 0 Å². The van der Waals surface area contributed by atoms with Crippen molar-refractivity contribution in [3.8, 4) is 5.75 Å². The Bertz CT molecular complexity index is 664. The Balaban J connectivity index is 1.68. The third kappa shape index (κ3) is 2.24. The van der Waals surface area contributed by atoms with Crippen LogP contribution in [0.2, 0.25) is 0 Å². The van der Waals surface area contributed by atoms with Crippen molar-refractivity contribution < 1.29 is 4.74 Å². The van der Waals surface area contributed by atoms with Gasteiger partial charge in [0.25, 0.3) is 0 Å². The largest absolute Gasteiger partial charge is 0.493 e. The number of rotatable bonds is 2. The summed E-state index contributed by atoms with van der Waals surface area (Å²) in [6.45, 7) is 0.764. The molecule has 2 atom stereocenters. The Labute approximate surface area is 125 Å². The highest BCUT2D eigenvalue weighted by Gasteiger charge is 2.28. The molecule has 0 saturated carbocycles. The van der Waals surface area contributed by atoms with Crippen molar-refractivity contribution in [3.05, 3.63) is 64.7 Å². The second-order valence-corrected chi connectivity index (χ2v) is 6.19. The van der Waals surface area contributed by atoms with Crippen molar-refractivity contribution in [1.82, 2.24) is 0 Å². The first-order valence-electron chi connectivity index (χ1n) is 7.92. The number of nitrogens with two attached hydrogens (primary N) is 1. The van der Waals surface area contributed by atoms with Crippen LogP contribution in [0, 0.1) is 0 Å². The maximum atomic E-state index is 6.62. The van der Waals surface area contributed by atoms with Crippen molar-refractivity contribution in [1.29, 1.82) is 0 Å². The van der Waals surface area contributed by atoms with Crippen molar-refractivity contribution in [2.75, 3.05) is 6.61 Å². The van der Waals surface area contributed by atoms with Crippen LogP contribution in [0.3, 0.4) is 0 Å². The van der Waals surface area contributed by atoms with Crippen LogP contribution in [0.5, 0.6) is 5.75 Å². The lowest BCUT2D eigenvalue weighted by Crippen LogP contribution is -2.25. The Hall–Kier alpha value is -1.80. The molecular weight excluding hydrogens is 258 g/mol. The summed E-state index contributed by atoms with van der Waals surface area (Å²) in [5.41, 5.74) is 12.2. The molecule has 2 aromatic rings. The van der Waals surface area contributed by atoms with E-state index in [2.05, 4.69) is 36.4 Å². The van der Waals surface area contributed by atoms with Crippen LogP contribution < -0.4 is 10.5 Å². The van der Waals surface area contributed by atoms with Crippen LogP contribution in [-0.2, 0) is 12.8 Å². The van der Waals surface area contributed by atoms with E-state index in [0.717, 1.165) is 18.8 Å². The van der Waals surface area contributed by atoms with E-state index in [1.165, 1.54) is 41.5 Å². The molecule has 0 bridgehead atoms. The number of ether oxygens (including phenoxy) is 1. The SMILES string of the molecule is NC(c1ccc2c(c1)CCC2)C1CCOc2ccccc21. The van der Waals surface area contributed by atoms with Gasteiger partial charge in [-0.3, -0.25) is 0 Å². The third-order valence-corrected chi connectivity index (χ3v) is 4.95. The first-order chi connectivity index (χ1) is 10.3. The lowest BCUT2D eigenvalue weighted by atomic mass is 9.83. The normalized spacial score (nSPS) is 21.3. The first kappa shape index (κ1) is 12.9. The summed E-state index contributed by atoms with van der Waals surface area (Å²) in [5.74, 6) is 1.36. The van der Waals surface area contributed by atoms with Gasteiger partial charge in [-0.05, 0) is 54.0 Å². The molecule has 0 saturated heterocycles. The number of aryl methyl sites for hydroxylation is 2. The summed E-state index contributed by atoms with van der Waals surface area (Å²) >= 11 is 0. The molecule has 21 heavy (non-hydrogen) atoms. The predicted octanol–water partition coefficient (Wildman–Crippen LogP) is 3.74. The molecule has 2 nitrogen and oxygen atoms in total. The molecule has 0 aromatic heterocycles. The minimum atomic E-state index is 0.0564. The van der Waals surface area contributed by atoms with Crippen LogP contribution in [0.15, 0.2) is 42.5 Å². The van der Waals surface area contributed by atoms with Gasteiger partial charge in [0.15, 0.2) is 0 Å². The zero-order valence-electron chi connectivity index (χ0n) is 12.2. The molecule has 0 fully saturated rings. The van der Waals surface area contributed by atoms with Crippen LogP contribution in [-0.4, -0.2) is 6.61 Å². The minimum absolute atomic E-state index is 0.0564. The number of benzene rings is 2. The molecule has 2 aliphatic rings. The van der Waals surface area contributed by atoms with Gasteiger partial charge in [-0.2, -0.15) is 0 Å². The average molecular weight is 279 g/mol. The molecular formula is C19H21NO. The van der Waals surface area contributed by atoms with Crippen molar-refractivity contribution >= 4 is 0 Å². The van der Waals surface area contributed by atoms with E-state index >= 15 is 0 Å². The smallest absolute Gasteiger partial charge is 0.122 e. The van der Waals surface area contributed by atoms with Crippen molar-refractivity contribution in [3.63, 3.8) is 0 Å². The molecule has 4 rings (SSSR count). The predicted molar refractivity (Wildman–Crippen MR) is 84.7 cm³/mol. The van der Waals surface area contributed by atoms with E-state index in [-0.39, 0.29) is 6.04 Å². The van der Waals surface area contributed by atoms with E-state index in [1.807, 2.05) is 6.07 Å². The van der Waals surface area contributed by atoms with Gasteiger partial charge in [-0.15, -0.1) is 0 Å². The molecule has 108 valence electrons. The molecule has 2 aromatic carbocycles. The lowest BCUT2D eigenvalue weighted by Gasteiger charge is -2.30. The van der Waals surface area contributed by atoms with E-state index in [4.69, 9.17) is 10.5 Å². The Morgan fingerprint density at radius 1 is 1.05 bits per heavy atom. The maximum Gasteiger partial charge on any atom is 0.122 e. The van der Waals surface area contributed by atoms with Crippen molar-refractivity contribution in [2.45, 2.75) is 37.6 Å². The number of hydrogen-bond donors (Lipinski definition) is 1. The van der Waals surface area contributed by atoms with Gasteiger partial charge in [0.1, 0.15) is 5.75 Å². The van der Waals surface area contributed by atoms with Crippen molar-refractivity contribution in [2.24, 2.45) is 5.73 Å². The van der Waals surface area contributed by atoms with Crippen LogP contribution in [0.1, 0.15) is 47.1 Å². The van der Waals surface area contributed by atoms with Crippen LogP contribution in [0.4, 0.5) is 0 Å². The summed E-state index contributed by atoms with van der Waals surface area (Å²) in [6, 6.07) is 15.2. The molecule has 1 aliphatic heterocycles. The summed E-state index contributed by atoms with van der Waals surface area (Å²) in [6.07, 6.45) is 4.72. The number of fused-ring (bicyclic) bond motifs is 2. The van der Waals surface area contributed by atoms with Crippen LogP contribution >= 0.6 is 0 Å². The van der Waals surface area contributed by atoms with Gasteiger partial charge < -0.3 is 10.5 Å². The molecule has 1 heterocycles. The zero-order chi connectivity index (χ0) is 14.2. The van der Waals surface area contributed by atoms with Gasteiger partial charge >= 0.3 is 0 Å². The lowest BCUT2D eigenvalue weighted by molar-refractivity contribution is 0.255. The zero-order valence-corrected chi connectivity index (χ0v) is 12.2. The van der Waals surface area contributed by atoms with Gasteiger partial charge in [-0.1, -0.05) is 36.4 Å². The highest BCUT2D eigenvalue weighted by Crippen LogP contribution is 2.40. The van der Waals surface area contributed by atoms with E-state index in [1.54, 1.807) is 0 Å². The minimum Gasteiger partial charge on any atom is -0.493 e. The Morgan fingerprint density at radius 2 is 1.90 bits per heavy atom. The fourth-order valence-corrected chi connectivity index (χ4v) is 3.77. The second kappa shape index (κ2) is 5.19. The van der Waals surface area contributed by atoms with E-state index < -0.39 is 0 Å². The summed E-state index contributed by atoms with van der Waals surface area (Å²) < 4.78 is 5.76. The van der Waals surface area contributed by atoms with Gasteiger partial charge in [0.05, 0.1) is 6.61 Å². The molecule has 2 N–H and O–H groups in total. The fourth-order valence-electron chi connectivity index (χ4n) is 3.77. The average Bonchev–Trinajstić information content (AvgIpc) is 3.01. The molecule has 2 heteroatoms. The van der Waals surface area contributed by atoms with Gasteiger partial charge in [0, 0.05) is 12.0 Å². The standard InChI is InChI=1S/C19H21NO/c20-19(15-9-8-13-4-3-5-14(13)12-15)17-10-11-21-18-7-2-1-6-16(17)18/h1-2,6-9,12,17,19H,3-5,10-11,20H2. The van der Waals surface area contributed by atoms with Crippen LogP contribution in [0.25, 0.3) is 0 Å². The Morgan fingerprint density at radius 3 is 2.86 bits per heavy atom. The monoisotopic (exact) mass is 279 g/mol. The topological polar surface area (TPSA) is 35.2 Å². The summed E-state index contributed by atoms with van der Waals surface area (Å²) in [7, 11) is 0. The van der Waals surface area contributed by atoms with Gasteiger partial charge in [-0.25, -0.2) is 0 Å². The van der Waals surface area contributed by atoms with E-state index in [0.29, 0.717) is 5.92 Å². The molecule has 0 amide bonds. The Kier molecular flexibility index (Phi) is 3.19. The molecule has 0 radical (unpaired) electrons. The first-order valence-corrected chi connectivity index (χ1v) is 7.92. The molecule has 2 unspecified atom stereocenters. The second-order valence-electron chi connectivity index (χ2n) is 6.19. The quantitative estimate of drug-likeness (QED) is 0.909. The summed E-state index contributed by atoms with van der Waals surface area (Å²) in [4.78, 5) is 0. The highest BCUT2D eigenvalue weighted by molar-refractivity contribution is 5.42.